The van der Waals surface area contributed by atoms with Gasteiger partial charge in [0.05, 0.1) is 12.3 Å². The highest BCUT2D eigenvalue weighted by atomic mass is 35.5. The van der Waals surface area contributed by atoms with Gasteiger partial charge in [-0.25, -0.2) is 0 Å². The van der Waals surface area contributed by atoms with E-state index in [1.165, 1.54) is 0 Å². The van der Waals surface area contributed by atoms with Gasteiger partial charge in [0.1, 0.15) is 0 Å². The molecule has 0 saturated heterocycles. The van der Waals surface area contributed by atoms with Crippen LogP contribution in [0.5, 0.6) is 5.88 Å². The van der Waals surface area contributed by atoms with Crippen LogP contribution in [0.15, 0.2) is 10.9 Å². The molecule has 0 aliphatic rings. The zero-order valence-electron chi connectivity index (χ0n) is 8.68. The molecule has 0 spiro atoms. The van der Waals surface area contributed by atoms with Gasteiger partial charge in [0.2, 0.25) is 5.88 Å². The fourth-order valence-electron chi connectivity index (χ4n) is 1.28. The Morgan fingerprint density at radius 3 is 2.56 bits per heavy atom. The summed E-state index contributed by atoms with van der Waals surface area (Å²) in [5, 5.41) is 8.58. The first kappa shape index (κ1) is 14.4. The number of nitrogens with one attached hydrogen (secondary N) is 1. The predicted octanol–water partition coefficient (Wildman–Crippen LogP) is 1.64. The van der Waals surface area contributed by atoms with Crippen LogP contribution in [-0.4, -0.2) is 22.4 Å². The number of ether oxygens (including phenoxy) is 1. The van der Waals surface area contributed by atoms with Gasteiger partial charge in [0.15, 0.2) is 0 Å². The quantitative estimate of drug-likeness (QED) is 0.824. The zero-order valence-corrected chi connectivity index (χ0v) is 9.43. The van der Waals surface area contributed by atoms with Crippen molar-refractivity contribution in [2.75, 3.05) is 0 Å². The van der Waals surface area contributed by atoms with E-state index >= 15 is 0 Å². The van der Waals surface area contributed by atoms with Crippen molar-refractivity contribution < 1.29 is 27.8 Å². The standard InChI is InChI=1S/C9H7ClF3NO4/c10-3-5-4(2-7(16)17)1-6(15)14-8(5)18-9(11,12)13/h1H,2-3H2,(H,14,15)(H,16,17). The number of carbonyl (C=O) groups is 1. The predicted molar refractivity (Wildman–Crippen MR) is 54.6 cm³/mol. The van der Waals surface area contributed by atoms with Crippen LogP contribution in [0.25, 0.3) is 0 Å². The van der Waals surface area contributed by atoms with E-state index in [-0.39, 0.29) is 11.1 Å². The van der Waals surface area contributed by atoms with Crippen LogP contribution >= 0.6 is 11.6 Å². The van der Waals surface area contributed by atoms with Crippen molar-refractivity contribution >= 4 is 17.6 Å². The van der Waals surface area contributed by atoms with Crippen molar-refractivity contribution in [1.82, 2.24) is 4.98 Å². The number of carboxylic acids is 1. The second kappa shape index (κ2) is 5.30. The average molecular weight is 286 g/mol. The molecule has 0 amide bonds. The van der Waals surface area contributed by atoms with E-state index in [1.54, 1.807) is 0 Å². The Kier molecular flexibility index (Phi) is 4.23. The molecule has 0 bridgehead atoms. The lowest BCUT2D eigenvalue weighted by atomic mass is 10.1. The smallest absolute Gasteiger partial charge is 0.481 e. The minimum Gasteiger partial charge on any atom is -0.481 e. The molecule has 1 rings (SSSR count). The fourth-order valence-corrected chi connectivity index (χ4v) is 1.58. The lowest BCUT2D eigenvalue weighted by Gasteiger charge is -2.13. The first-order chi connectivity index (χ1) is 8.23. The van der Waals surface area contributed by atoms with Crippen LogP contribution in [0.1, 0.15) is 11.1 Å². The van der Waals surface area contributed by atoms with Crippen LogP contribution in [0, 0.1) is 0 Å². The number of aromatic nitrogens is 1. The second-order valence-electron chi connectivity index (χ2n) is 3.22. The molecule has 18 heavy (non-hydrogen) atoms. The lowest BCUT2D eigenvalue weighted by Crippen LogP contribution is -2.22. The van der Waals surface area contributed by atoms with Gasteiger partial charge in [-0.1, -0.05) is 0 Å². The molecule has 0 aliphatic carbocycles. The Bertz CT molecular complexity index is 512. The van der Waals surface area contributed by atoms with E-state index in [0.717, 1.165) is 6.07 Å². The van der Waals surface area contributed by atoms with E-state index in [0.29, 0.717) is 0 Å². The van der Waals surface area contributed by atoms with Crippen LogP contribution in [-0.2, 0) is 17.1 Å². The molecule has 1 heterocycles. The van der Waals surface area contributed by atoms with Crippen LogP contribution in [0.3, 0.4) is 0 Å². The number of halogens is 4. The molecule has 100 valence electrons. The number of rotatable bonds is 4. The maximum absolute atomic E-state index is 12.1. The largest absolute Gasteiger partial charge is 0.574 e. The summed E-state index contributed by atoms with van der Waals surface area (Å²) < 4.78 is 39.8. The van der Waals surface area contributed by atoms with Crippen LogP contribution in [0.4, 0.5) is 13.2 Å². The summed E-state index contributed by atoms with van der Waals surface area (Å²) in [5.74, 6) is -2.61. The van der Waals surface area contributed by atoms with Crippen molar-refractivity contribution in [3.05, 3.63) is 27.5 Å². The zero-order chi connectivity index (χ0) is 13.9. The van der Waals surface area contributed by atoms with Gasteiger partial charge in [-0.15, -0.1) is 24.8 Å². The number of H-pyrrole nitrogens is 1. The van der Waals surface area contributed by atoms with E-state index < -0.39 is 36.1 Å². The summed E-state index contributed by atoms with van der Waals surface area (Å²) in [6.45, 7) is 0. The van der Waals surface area contributed by atoms with Crippen molar-refractivity contribution in [1.29, 1.82) is 0 Å². The Morgan fingerprint density at radius 2 is 2.11 bits per heavy atom. The highest BCUT2D eigenvalue weighted by Gasteiger charge is 2.33. The topological polar surface area (TPSA) is 79.4 Å². The number of alkyl halides is 4. The summed E-state index contributed by atoms with van der Waals surface area (Å²) in [5.41, 5.74) is -1.24. The number of aromatic amines is 1. The molecule has 9 heteroatoms. The van der Waals surface area contributed by atoms with E-state index in [2.05, 4.69) is 4.74 Å². The Balaban J connectivity index is 3.28. The van der Waals surface area contributed by atoms with E-state index in [1.807, 2.05) is 4.98 Å². The molecular weight excluding hydrogens is 279 g/mol. The number of carboxylic acid groups (broad SMARTS) is 1. The van der Waals surface area contributed by atoms with Gasteiger partial charge in [-0.3, -0.25) is 14.6 Å². The van der Waals surface area contributed by atoms with E-state index in [9.17, 15) is 22.8 Å². The third-order valence-electron chi connectivity index (χ3n) is 1.90. The van der Waals surface area contributed by atoms with Gasteiger partial charge >= 0.3 is 12.3 Å². The number of pyridine rings is 1. The molecule has 0 atom stereocenters. The minimum atomic E-state index is -5.01. The molecule has 0 saturated carbocycles. The molecular formula is C9H7ClF3NO4. The summed E-state index contributed by atoms with van der Waals surface area (Å²) in [7, 11) is 0. The van der Waals surface area contributed by atoms with Crippen molar-refractivity contribution in [3.63, 3.8) is 0 Å². The summed E-state index contributed by atoms with van der Waals surface area (Å²) >= 11 is 5.44. The Labute approximate surface area is 103 Å². The normalized spacial score (nSPS) is 11.3. The van der Waals surface area contributed by atoms with Crippen LogP contribution in [0.2, 0.25) is 0 Å². The molecule has 0 radical (unpaired) electrons. The molecule has 0 unspecified atom stereocenters. The van der Waals surface area contributed by atoms with Gasteiger partial charge in [-0.2, -0.15) is 0 Å². The molecule has 1 aromatic rings. The fraction of sp³-hybridized carbons (Fsp3) is 0.333. The lowest BCUT2D eigenvalue weighted by molar-refractivity contribution is -0.276. The Hall–Kier alpha value is -1.70. The maximum atomic E-state index is 12.1. The SMILES string of the molecule is O=C(O)Cc1cc(=O)[nH]c(OC(F)(F)F)c1CCl. The minimum absolute atomic E-state index is 0.125. The number of hydrogen-bond donors (Lipinski definition) is 2. The second-order valence-corrected chi connectivity index (χ2v) is 3.49. The highest BCUT2D eigenvalue weighted by Crippen LogP contribution is 2.26. The average Bonchev–Trinajstić information content (AvgIpc) is 2.13. The molecule has 2 N–H and O–H groups in total. The van der Waals surface area contributed by atoms with Crippen molar-refractivity contribution in [2.45, 2.75) is 18.7 Å². The van der Waals surface area contributed by atoms with E-state index in [4.69, 9.17) is 16.7 Å². The molecule has 1 aromatic heterocycles. The monoisotopic (exact) mass is 285 g/mol. The highest BCUT2D eigenvalue weighted by molar-refractivity contribution is 6.17. The van der Waals surface area contributed by atoms with Crippen molar-refractivity contribution in [3.8, 4) is 5.88 Å². The van der Waals surface area contributed by atoms with Gasteiger partial charge in [0, 0.05) is 11.6 Å². The molecule has 0 aliphatic heterocycles. The first-order valence-corrected chi connectivity index (χ1v) is 5.05. The van der Waals surface area contributed by atoms with Crippen LogP contribution < -0.4 is 10.3 Å². The summed E-state index contributed by atoms with van der Waals surface area (Å²) in [4.78, 5) is 23.5. The molecule has 0 fully saturated rings. The summed E-state index contributed by atoms with van der Waals surface area (Å²) in [6, 6.07) is 0.870. The maximum Gasteiger partial charge on any atom is 0.574 e. The van der Waals surface area contributed by atoms with Gasteiger partial charge in [-0.05, 0) is 5.56 Å². The molecule has 0 aromatic carbocycles. The Morgan fingerprint density at radius 1 is 1.50 bits per heavy atom. The third kappa shape index (κ3) is 3.95. The van der Waals surface area contributed by atoms with Gasteiger partial charge in [0.25, 0.3) is 5.56 Å². The number of aliphatic carboxylic acids is 1. The molecule has 5 nitrogen and oxygen atoms in total. The van der Waals surface area contributed by atoms with Crippen molar-refractivity contribution in [2.24, 2.45) is 0 Å². The number of hydrogen-bond acceptors (Lipinski definition) is 3. The van der Waals surface area contributed by atoms with Gasteiger partial charge < -0.3 is 9.84 Å². The first-order valence-electron chi connectivity index (χ1n) is 4.51. The third-order valence-corrected chi connectivity index (χ3v) is 2.16. The summed E-state index contributed by atoms with van der Waals surface area (Å²) in [6.07, 6.45) is -5.63.